The molecule has 0 aliphatic carbocycles. The molecule has 0 N–H and O–H groups in total. The predicted molar refractivity (Wildman–Crippen MR) is 33.1 cm³/mol. The van der Waals surface area contributed by atoms with Crippen LogP contribution < -0.4 is 5.11 Å². The van der Waals surface area contributed by atoms with E-state index < -0.39 is 5.97 Å². The summed E-state index contributed by atoms with van der Waals surface area (Å²) >= 11 is 2.13. The zero-order chi connectivity index (χ0) is 5.70. The molecule has 0 aromatic rings. The maximum atomic E-state index is 9.64. The van der Waals surface area contributed by atoms with Gasteiger partial charge in [-0.2, -0.15) is 0 Å². The molecule has 42 valence electrons. The van der Waals surface area contributed by atoms with Crippen molar-refractivity contribution >= 4 is 28.6 Å². The van der Waals surface area contributed by atoms with E-state index in [4.69, 9.17) is 0 Å². The summed E-state index contributed by atoms with van der Waals surface area (Å²) in [7, 11) is 0. The highest BCUT2D eigenvalue weighted by Gasteiger charge is 1.81. The van der Waals surface area contributed by atoms with Crippen LogP contribution in [-0.2, 0) is 4.79 Å². The van der Waals surface area contributed by atoms with E-state index in [-0.39, 0.29) is 6.42 Å². The number of aliphatic carboxylic acids is 1. The first kappa shape index (κ1) is 7.20. The van der Waals surface area contributed by atoms with E-state index in [0.29, 0.717) is 0 Å². The lowest BCUT2D eigenvalue weighted by Crippen LogP contribution is -2.21. The van der Waals surface area contributed by atoms with Gasteiger partial charge >= 0.3 is 0 Å². The largest absolute Gasteiger partial charge is 0.550 e. The van der Waals surface area contributed by atoms with E-state index in [1.807, 2.05) is 0 Å². The Morgan fingerprint density at radius 2 is 2.29 bits per heavy atom. The maximum Gasteiger partial charge on any atom is 0.0414 e. The van der Waals surface area contributed by atoms with Crippen molar-refractivity contribution in [1.29, 1.82) is 0 Å². The molecule has 0 aromatic carbocycles. The van der Waals surface area contributed by atoms with Gasteiger partial charge in [-0.3, -0.25) is 0 Å². The Morgan fingerprint density at radius 1 is 1.71 bits per heavy atom. The van der Waals surface area contributed by atoms with Crippen molar-refractivity contribution in [3.63, 3.8) is 0 Å². The predicted octanol–water partition coefficient (Wildman–Crippen LogP) is -0.0485. The van der Waals surface area contributed by atoms with Crippen molar-refractivity contribution in [1.82, 2.24) is 0 Å². The minimum absolute atomic E-state index is 0.197. The van der Waals surface area contributed by atoms with Crippen LogP contribution in [0.15, 0.2) is 0 Å². The molecule has 0 aliphatic rings. The van der Waals surface area contributed by atoms with Gasteiger partial charge in [0.05, 0.1) is 0 Å². The fourth-order valence-corrected chi connectivity index (χ4v) is 0.593. The van der Waals surface area contributed by atoms with E-state index in [1.165, 1.54) is 0 Å². The minimum Gasteiger partial charge on any atom is -0.550 e. The molecule has 0 saturated heterocycles. The molecule has 0 saturated carbocycles. The Bertz CT molecular complexity index is 62.7. The maximum absolute atomic E-state index is 9.64. The number of hydrogen-bond donors (Lipinski definition) is 0. The van der Waals surface area contributed by atoms with Gasteiger partial charge in [-0.15, -0.1) is 0 Å². The molecular weight excluding hydrogens is 207 g/mol. The van der Waals surface area contributed by atoms with Crippen molar-refractivity contribution in [2.24, 2.45) is 0 Å². The van der Waals surface area contributed by atoms with Crippen LogP contribution in [0.2, 0.25) is 0 Å². The summed E-state index contributed by atoms with van der Waals surface area (Å²) in [5.41, 5.74) is 0. The zero-order valence-corrected chi connectivity index (χ0v) is 5.97. The summed E-state index contributed by atoms with van der Waals surface area (Å²) in [6, 6.07) is 0. The monoisotopic (exact) mass is 213 g/mol. The molecule has 0 atom stereocenters. The standard InChI is InChI=1S/C4H7IO2/c5-3-1-2-4(6)7/h1-3H2,(H,6,7)/p-1. The molecule has 0 aliphatic heterocycles. The van der Waals surface area contributed by atoms with Gasteiger partial charge < -0.3 is 9.90 Å². The highest BCUT2D eigenvalue weighted by Crippen LogP contribution is 1.91. The Hall–Kier alpha value is 0.200. The molecule has 0 radical (unpaired) electrons. The minimum atomic E-state index is -0.948. The van der Waals surface area contributed by atoms with Gasteiger partial charge in [-0.25, -0.2) is 0 Å². The lowest BCUT2D eigenvalue weighted by atomic mass is 10.3. The number of carbonyl (C=O) groups excluding carboxylic acids is 1. The molecular formula is C4H6IO2-. The molecule has 0 aromatic heterocycles. The molecule has 0 heterocycles. The van der Waals surface area contributed by atoms with Crippen LogP contribution in [0.25, 0.3) is 0 Å². The SMILES string of the molecule is O=C([O-])CCCI. The molecule has 0 bridgehead atoms. The van der Waals surface area contributed by atoms with Crippen LogP contribution in [0, 0.1) is 0 Å². The van der Waals surface area contributed by atoms with Gasteiger partial charge in [0.25, 0.3) is 0 Å². The van der Waals surface area contributed by atoms with Crippen LogP contribution >= 0.6 is 22.6 Å². The fraction of sp³-hybridized carbons (Fsp3) is 0.750. The molecule has 0 rings (SSSR count). The van der Waals surface area contributed by atoms with Gasteiger partial charge in [0, 0.05) is 5.97 Å². The smallest absolute Gasteiger partial charge is 0.0414 e. The summed E-state index contributed by atoms with van der Waals surface area (Å²) in [5.74, 6) is -0.948. The molecule has 0 unspecified atom stereocenters. The first-order valence-electron chi connectivity index (χ1n) is 2.03. The van der Waals surface area contributed by atoms with Crippen molar-refractivity contribution in [3.8, 4) is 0 Å². The summed E-state index contributed by atoms with van der Waals surface area (Å²) in [6.45, 7) is 0. The first-order valence-corrected chi connectivity index (χ1v) is 3.55. The Morgan fingerprint density at radius 3 is 2.43 bits per heavy atom. The lowest BCUT2D eigenvalue weighted by Gasteiger charge is -1.94. The van der Waals surface area contributed by atoms with E-state index in [2.05, 4.69) is 22.6 Å². The Balaban J connectivity index is 2.82. The summed E-state index contributed by atoms with van der Waals surface area (Å²) < 4.78 is 0.895. The van der Waals surface area contributed by atoms with E-state index in [1.54, 1.807) is 0 Å². The number of carboxylic acid groups (broad SMARTS) is 1. The highest BCUT2D eigenvalue weighted by molar-refractivity contribution is 14.1. The molecule has 0 amide bonds. The van der Waals surface area contributed by atoms with Crippen LogP contribution in [0.3, 0.4) is 0 Å². The Kier molecular flexibility index (Phi) is 4.49. The normalized spacial score (nSPS) is 8.71. The number of carbonyl (C=O) groups is 1. The van der Waals surface area contributed by atoms with Gasteiger partial charge in [-0.05, 0) is 17.3 Å². The average Bonchev–Trinajstić information content (AvgIpc) is 1.61. The van der Waals surface area contributed by atoms with E-state index in [9.17, 15) is 9.90 Å². The van der Waals surface area contributed by atoms with Crippen LogP contribution in [-0.4, -0.2) is 10.4 Å². The van der Waals surface area contributed by atoms with Gasteiger partial charge in [0.15, 0.2) is 0 Å². The van der Waals surface area contributed by atoms with Gasteiger partial charge in [0.1, 0.15) is 0 Å². The molecule has 7 heavy (non-hydrogen) atoms. The lowest BCUT2D eigenvalue weighted by molar-refractivity contribution is -0.305. The summed E-state index contributed by atoms with van der Waals surface area (Å²) in [6.07, 6.45) is 0.922. The van der Waals surface area contributed by atoms with Gasteiger partial charge in [0.2, 0.25) is 0 Å². The quantitative estimate of drug-likeness (QED) is 0.487. The third kappa shape index (κ3) is 6.20. The third-order valence-electron chi connectivity index (χ3n) is 0.515. The number of alkyl halides is 1. The fourth-order valence-electron chi connectivity index (χ4n) is 0.211. The molecule has 3 heteroatoms. The van der Waals surface area contributed by atoms with Crippen molar-refractivity contribution in [2.75, 3.05) is 4.43 Å². The molecule has 0 spiro atoms. The molecule has 0 fully saturated rings. The number of rotatable bonds is 3. The van der Waals surface area contributed by atoms with Gasteiger partial charge in [-0.1, -0.05) is 22.6 Å². The number of hydrogen-bond acceptors (Lipinski definition) is 2. The topological polar surface area (TPSA) is 40.1 Å². The average molecular weight is 213 g/mol. The van der Waals surface area contributed by atoms with Crippen LogP contribution in [0.4, 0.5) is 0 Å². The second-order valence-electron chi connectivity index (χ2n) is 1.16. The number of carboxylic acids is 1. The summed E-state index contributed by atoms with van der Waals surface area (Å²) in [5, 5.41) is 9.64. The van der Waals surface area contributed by atoms with E-state index >= 15 is 0 Å². The van der Waals surface area contributed by atoms with Crippen molar-refractivity contribution in [2.45, 2.75) is 12.8 Å². The van der Waals surface area contributed by atoms with Crippen LogP contribution in [0.1, 0.15) is 12.8 Å². The second-order valence-corrected chi connectivity index (χ2v) is 2.24. The second kappa shape index (κ2) is 4.36. The van der Waals surface area contributed by atoms with E-state index in [0.717, 1.165) is 10.8 Å². The van der Waals surface area contributed by atoms with Crippen molar-refractivity contribution in [3.05, 3.63) is 0 Å². The third-order valence-corrected chi connectivity index (χ3v) is 1.28. The molecule has 2 nitrogen and oxygen atoms in total. The number of halogens is 1. The summed E-state index contributed by atoms with van der Waals surface area (Å²) in [4.78, 5) is 9.64. The van der Waals surface area contributed by atoms with Crippen molar-refractivity contribution < 1.29 is 9.90 Å². The first-order chi connectivity index (χ1) is 3.27. The highest BCUT2D eigenvalue weighted by atomic mass is 127. The zero-order valence-electron chi connectivity index (χ0n) is 3.82. The Labute approximate surface area is 56.1 Å². The van der Waals surface area contributed by atoms with Crippen LogP contribution in [0.5, 0.6) is 0 Å².